The van der Waals surface area contributed by atoms with E-state index in [2.05, 4.69) is 52.9 Å². The summed E-state index contributed by atoms with van der Waals surface area (Å²) in [5, 5.41) is 3.24. The van der Waals surface area contributed by atoms with Gasteiger partial charge in [-0.25, -0.2) is 0 Å². The van der Waals surface area contributed by atoms with Crippen LogP contribution in [0.2, 0.25) is 0 Å². The van der Waals surface area contributed by atoms with E-state index >= 15 is 0 Å². The van der Waals surface area contributed by atoms with Crippen LogP contribution in [0.4, 0.5) is 17.8 Å². The highest BCUT2D eigenvalue weighted by Gasteiger charge is 2.12. The predicted octanol–water partition coefficient (Wildman–Crippen LogP) is 2.00. The Labute approximate surface area is 116 Å². The van der Waals surface area contributed by atoms with Gasteiger partial charge in [-0.3, -0.25) is 0 Å². The van der Waals surface area contributed by atoms with Crippen LogP contribution in [-0.4, -0.2) is 48.2 Å². The number of aromatic nitrogens is 3. The summed E-state index contributed by atoms with van der Waals surface area (Å²) in [4.78, 5) is 17.6. The molecule has 0 bridgehead atoms. The Bertz CT molecular complexity index is 377. The van der Waals surface area contributed by atoms with Crippen molar-refractivity contribution in [1.82, 2.24) is 15.0 Å². The van der Waals surface area contributed by atoms with Gasteiger partial charge in [0.1, 0.15) is 0 Å². The molecule has 0 aliphatic carbocycles. The first-order valence-electron chi connectivity index (χ1n) is 7.12. The van der Waals surface area contributed by atoms with Gasteiger partial charge in [-0.2, -0.15) is 15.0 Å². The molecule has 0 amide bonds. The Morgan fingerprint density at radius 1 is 0.895 bits per heavy atom. The van der Waals surface area contributed by atoms with Gasteiger partial charge < -0.3 is 15.1 Å². The molecule has 6 nitrogen and oxygen atoms in total. The van der Waals surface area contributed by atoms with E-state index in [1.54, 1.807) is 0 Å². The van der Waals surface area contributed by atoms with E-state index < -0.39 is 0 Å². The van der Waals surface area contributed by atoms with E-state index in [1.807, 2.05) is 11.9 Å². The van der Waals surface area contributed by atoms with Gasteiger partial charge in [-0.15, -0.1) is 0 Å². The molecule has 1 aromatic heterocycles. The first kappa shape index (κ1) is 15.5. The van der Waals surface area contributed by atoms with Crippen LogP contribution in [0.1, 0.15) is 34.1 Å². The molecule has 6 heteroatoms. The lowest BCUT2D eigenvalue weighted by Crippen LogP contribution is -2.27. The minimum absolute atomic E-state index is 0.661. The summed E-state index contributed by atoms with van der Waals surface area (Å²) in [7, 11) is 1.99. The number of rotatable bonds is 8. The molecule has 108 valence electrons. The molecule has 0 aliphatic rings. The second kappa shape index (κ2) is 7.76. The molecule has 0 saturated carbocycles. The minimum Gasteiger partial charge on any atom is -0.354 e. The van der Waals surface area contributed by atoms with Crippen molar-refractivity contribution in [2.24, 2.45) is 0 Å². The number of hydrogen-bond acceptors (Lipinski definition) is 6. The lowest BCUT2D eigenvalue weighted by atomic mass is 10.5. The van der Waals surface area contributed by atoms with Gasteiger partial charge in [0.25, 0.3) is 0 Å². The predicted molar refractivity (Wildman–Crippen MR) is 81.1 cm³/mol. The zero-order valence-electron chi connectivity index (χ0n) is 12.8. The third-order valence-corrected chi connectivity index (χ3v) is 3.01. The Hall–Kier alpha value is -1.59. The van der Waals surface area contributed by atoms with Crippen molar-refractivity contribution >= 4 is 17.8 Å². The maximum Gasteiger partial charge on any atom is 0.231 e. The number of nitrogens with zero attached hydrogens (tertiary/aromatic N) is 5. The fraction of sp³-hybridized carbons (Fsp3) is 0.769. The Kier molecular flexibility index (Phi) is 6.32. The van der Waals surface area contributed by atoms with Crippen LogP contribution in [0.5, 0.6) is 0 Å². The summed E-state index contributed by atoms with van der Waals surface area (Å²) in [5.74, 6) is 2.13. The van der Waals surface area contributed by atoms with Crippen molar-refractivity contribution in [3.05, 3.63) is 0 Å². The first-order chi connectivity index (χ1) is 9.15. The zero-order chi connectivity index (χ0) is 14.3. The lowest BCUT2D eigenvalue weighted by Gasteiger charge is -2.22. The third kappa shape index (κ3) is 4.22. The van der Waals surface area contributed by atoms with E-state index in [4.69, 9.17) is 0 Å². The van der Waals surface area contributed by atoms with Gasteiger partial charge in [0.2, 0.25) is 17.8 Å². The summed E-state index contributed by atoms with van der Waals surface area (Å²) in [5.41, 5.74) is 0. The van der Waals surface area contributed by atoms with Gasteiger partial charge in [-0.1, -0.05) is 6.92 Å². The highest BCUT2D eigenvalue weighted by atomic mass is 15.4. The molecular formula is C13H26N6. The van der Waals surface area contributed by atoms with Crippen molar-refractivity contribution in [1.29, 1.82) is 0 Å². The van der Waals surface area contributed by atoms with E-state index in [-0.39, 0.29) is 0 Å². The molecule has 1 rings (SSSR count). The maximum absolute atomic E-state index is 4.54. The summed E-state index contributed by atoms with van der Waals surface area (Å²) in [6.45, 7) is 11.9. The summed E-state index contributed by atoms with van der Waals surface area (Å²) < 4.78 is 0. The average Bonchev–Trinajstić information content (AvgIpc) is 2.45. The molecule has 0 aliphatic heterocycles. The van der Waals surface area contributed by atoms with E-state index in [9.17, 15) is 0 Å². The molecule has 0 saturated heterocycles. The van der Waals surface area contributed by atoms with Crippen LogP contribution in [0, 0.1) is 0 Å². The van der Waals surface area contributed by atoms with E-state index in [1.165, 1.54) is 0 Å². The number of nitrogens with one attached hydrogen (secondary N) is 1. The van der Waals surface area contributed by atoms with Crippen molar-refractivity contribution in [2.75, 3.05) is 48.3 Å². The van der Waals surface area contributed by atoms with Gasteiger partial charge in [0, 0.05) is 33.2 Å². The molecule has 1 aromatic rings. The minimum atomic E-state index is 0.661. The van der Waals surface area contributed by atoms with Crippen LogP contribution in [-0.2, 0) is 0 Å². The molecule has 0 radical (unpaired) electrons. The van der Waals surface area contributed by atoms with E-state index in [0.29, 0.717) is 5.95 Å². The number of hydrogen-bond donors (Lipinski definition) is 1. The Morgan fingerprint density at radius 3 is 2.05 bits per heavy atom. The van der Waals surface area contributed by atoms with Crippen LogP contribution in [0.25, 0.3) is 0 Å². The topological polar surface area (TPSA) is 57.2 Å². The van der Waals surface area contributed by atoms with Crippen molar-refractivity contribution in [3.8, 4) is 0 Å². The third-order valence-electron chi connectivity index (χ3n) is 3.01. The van der Waals surface area contributed by atoms with Gasteiger partial charge in [-0.05, 0) is 27.2 Å². The Morgan fingerprint density at radius 2 is 1.53 bits per heavy atom. The first-order valence-corrected chi connectivity index (χ1v) is 7.12. The van der Waals surface area contributed by atoms with Gasteiger partial charge in [0.05, 0.1) is 0 Å². The fourth-order valence-electron chi connectivity index (χ4n) is 1.63. The molecule has 1 N–H and O–H groups in total. The van der Waals surface area contributed by atoms with Crippen LogP contribution in [0.3, 0.4) is 0 Å². The molecule has 0 unspecified atom stereocenters. The largest absolute Gasteiger partial charge is 0.354 e. The smallest absolute Gasteiger partial charge is 0.231 e. The standard InChI is InChI=1S/C13H26N6/c1-6-10-14-11-15-12(18(5)7-2)17-13(16-11)19(8-3)9-4/h6-10H2,1-5H3,(H,14,15,16,17). The molecular weight excluding hydrogens is 240 g/mol. The van der Waals surface area contributed by atoms with Gasteiger partial charge in [0.15, 0.2) is 0 Å². The summed E-state index contributed by atoms with van der Waals surface area (Å²) in [6.07, 6.45) is 1.05. The highest BCUT2D eigenvalue weighted by molar-refractivity contribution is 5.44. The SMILES string of the molecule is CCCNc1nc(N(C)CC)nc(N(CC)CC)n1. The quantitative estimate of drug-likeness (QED) is 0.776. The monoisotopic (exact) mass is 266 g/mol. The lowest BCUT2D eigenvalue weighted by molar-refractivity contribution is 0.795. The van der Waals surface area contributed by atoms with Crippen LogP contribution >= 0.6 is 0 Å². The molecule has 1 heterocycles. The summed E-state index contributed by atoms with van der Waals surface area (Å²) >= 11 is 0. The molecule has 0 fully saturated rings. The molecule has 0 spiro atoms. The highest BCUT2D eigenvalue weighted by Crippen LogP contribution is 2.15. The van der Waals surface area contributed by atoms with Crippen LogP contribution in [0.15, 0.2) is 0 Å². The molecule has 0 aromatic carbocycles. The van der Waals surface area contributed by atoms with E-state index in [0.717, 1.165) is 44.5 Å². The number of anilines is 3. The van der Waals surface area contributed by atoms with Crippen molar-refractivity contribution in [3.63, 3.8) is 0 Å². The second-order valence-corrected chi connectivity index (χ2v) is 4.37. The average molecular weight is 266 g/mol. The fourth-order valence-corrected chi connectivity index (χ4v) is 1.63. The van der Waals surface area contributed by atoms with Crippen molar-refractivity contribution < 1.29 is 0 Å². The van der Waals surface area contributed by atoms with Crippen molar-refractivity contribution in [2.45, 2.75) is 34.1 Å². The Balaban J connectivity index is 3.07. The molecule has 0 atom stereocenters. The maximum atomic E-state index is 4.54. The van der Waals surface area contributed by atoms with Crippen LogP contribution < -0.4 is 15.1 Å². The molecule has 19 heavy (non-hydrogen) atoms. The van der Waals surface area contributed by atoms with Gasteiger partial charge >= 0.3 is 0 Å². The second-order valence-electron chi connectivity index (χ2n) is 4.37. The summed E-state index contributed by atoms with van der Waals surface area (Å²) in [6, 6.07) is 0. The zero-order valence-corrected chi connectivity index (χ0v) is 12.8. The normalized spacial score (nSPS) is 10.4.